The first-order valence-electron chi connectivity index (χ1n) is 11.4. The van der Waals surface area contributed by atoms with Crippen LogP contribution in [0.15, 0.2) is 48.2 Å². The Morgan fingerprint density at radius 2 is 1.75 bits per heavy atom. The van der Waals surface area contributed by atoms with E-state index in [4.69, 9.17) is 23.7 Å². The van der Waals surface area contributed by atoms with Crippen LogP contribution < -0.4 is 23.7 Å². The maximum atomic E-state index is 13.3. The first kappa shape index (κ1) is 23.7. The third kappa shape index (κ3) is 4.13. The van der Waals surface area contributed by atoms with E-state index in [0.717, 1.165) is 22.4 Å². The van der Waals surface area contributed by atoms with Gasteiger partial charge in [0.05, 0.1) is 26.9 Å². The predicted molar refractivity (Wildman–Crippen MR) is 131 cm³/mol. The summed E-state index contributed by atoms with van der Waals surface area (Å²) in [4.78, 5) is 15.4. The Kier molecular flexibility index (Phi) is 6.28. The molecule has 5 rings (SSSR count). The van der Waals surface area contributed by atoms with Crippen LogP contribution >= 0.6 is 0 Å². The summed E-state index contributed by atoms with van der Waals surface area (Å²) in [5, 5.41) is 0. The van der Waals surface area contributed by atoms with E-state index in [1.54, 1.807) is 37.5 Å². The van der Waals surface area contributed by atoms with Gasteiger partial charge in [0.25, 0.3) is 0 Å². The summed E-state index contributed by atoms with van der Waals surface area (Å²) in [7, 11) is 4.60. The predicted octanol–water partition coefficient (Wildman–Crippen LogP) is 5.13. The number of Topliss-reactive ketones (excluding diaryl/α,β-unsaturated/α-hetero) is 1. The third-order valence-corrected chi connectivity index (χ3v) is 6.34. The maximum absolute atomic E-state index is 13.3. The van der Waals surface area contributed by atoms with Gasteiger partial charge < -0.3 is 23.7 Å². The third-order valence-electron chi connectivity index (χ3n) is 6.34. The van der Waals surface area contributed by atoms with Crippen LogP contribution in [0.2, 0.25) is 0 Å². The van der Waals surface area contributed by atoms with E-state index in [-0.39, 0.29) is 17.4 Å². The van der Waals surface area contributed by atoms with E-state index >= 15 is 0 Å². The highest BCUT2D eigenvalue weighted by atomic mass is 19.1. The molecule has 2 heterocycles. The number of nitrogens with zero attached hydrogens (tertiary/aromatic N) is 1. The SMILES string of the molecule is COc1ccc(/C=C2\Oc3c(cc4c(c3C)OCN(Cc3ccc(F)cc3)C4)C2=O)c(OC)c1OC. The van der Waals surface area contributed by atoms with Crippen molar-refractivity contribution in [3.05, 3.63) is 81.9 Å². The molecule has 7 nitrogen and oxygen atoms in total. The number of fused-ring (bicyclic) bond motifs is 2. The fourth-order valence-corrected chi connectivity index (χ4v) is 4.63. The van der Waals surface area contributed by atoms with Crippen LogP contribution in [0.3, 0.4) is 0 Å². The van der Waals surface area contributed by atoms with Crippen molar-refractivity contribution in [3.63, 3.8) is 0 Å². The number of halogens is 1. The summed E-state index contributed by atoms with van der Waals surface area (Å²) in [6, 6.07) is 11.8. The van der Waals surface area contributed by atoms with Gasteiger partial charge in [0.2, 0.25) is 11.5 Å². The minimum atomic E-state index is -0.266. The van der Waals surface area contributed by atoms with Crippen LogP contribution in [0.1, 0.15) is 32.6 Å². The Labute approximate surface area is 208 Å². The van der Waals surface area contributed by atoms with Crippen molar-refractivity contribution >= 4 is 11.9 Å². The maximum Gasteiger partial charge on any atom is 0.231 e. The van der Waals surface area contributed by atoms with Gasteiger partial charge >= 0.3 is 0 Å². The van der Waals surface area contributed by atoms with E-state index in [0.29, 0.717) is 53.9 Å². The van der Waals surface area contributed by atoms with Crippen LogP contribution in [0.5, 0.6) is 28.7 Å². The van der Waals surface area contributed by atoms with Crippen molar-refractivity contribution in [2.75, 3.05) is 28.1 Å². The molecule has 0 aliphatic carbocycles. The summed E-state index contributed by atoms with van der Waals surface area (Å²) >= 11 is 0. The second-order valence-electron chi connectivity index (χ2n) is 8.62. The summed E-state index contributed by atoms with van der Waals surface area (Å²) in [5.41, 5.74) is 3.77. The average Bonchev–Trinajstić information content (AvgIpc) is 3.20. The highest BCUT2D eigenvalue weighted by Crippen LogP contribution is 2.45. The Balaban J connectivity index is 1.44. The first-order valence-corrected chi connectivity index (χ1v) is 11.4. The molecular weight excluding hydrogens is 465 g/mol. The first-order chi connectivity index (χ1) is 17.4. The van der Waals surface area contributed by atoms with Gasteiger partial charge in [0.1, 0.15) is 24.0 Å². The molecule has 2 aliphatic rings. The largest absolute Gasteiger partial charge is 0.493 e. The molecule has 0 saturated carbocycles. The lowest BCUT2D eigenvalue weighted by atomic mass is 9.99. The van der Waals surface area contributed by atoms with Crippen molar-refractivity contribution < 1.29 is 32.9 Å². The van der Waals surface area contributed by atoms with E-state index in [1.165, 1.54) is 26.4 Å². The molecule has 0 fully saturated rings. The van der Waals surface area contributed by atoms with E-state index in [9.17, 15) is 9.18 Å². The van der Waals surface area contributed by atoms with Gasteiger partial charge in [-0.15, -0.1) is 0 Å². The van der Waals surface area contributed by atoms with Gasteiger partial charge in [-0.3, -0.25) is 9.69 Å². The molecule has 186 valence electrons. The molecule has 0 saturated heterocycles. The van der Waals surface area contributed by atoms with E-state index in [2.05, 4.69) is 4.90 Å². The summed E-state index contributed by atoms with van der Waals surface area (Å²) in [6.07, 6.45) is 1.64. The zero-order valence-corrected chi connectivity index (χ0v) is 20.5. The zero-order valence-electron chi connectivity index (χ0n) is 20.5. The quantitative estimate of drug-likeness (QED) is 0.443. The molecule has 3 aromatic rings. The smallest absolute Gasteiger partial charge is 0.231 e. The van der Waals surface area contributed by atoms with Gasteiger partial charge in [0.15, 0.2) is 17.3 Å². The Morgan fingerprint density at radius 3 is 2.44 bits per heavy atom. The van der Waals surface area contributed by atoms with Crippen LogP contribution in [-0.4, -0.2) is 38.7 Å². The molecule has 0 atom stereocenters. The van der Waals surface area contributed by atoms with Crippen molar-refractivity contribution in [1.29, 1.82) is 0 Å². The van der Waals surface area contributed by atoms with E-state index in [1.807, 2.05) is 13.0 Å². The lowest BCUT2D eigenvalue weighted by molar-refractivity contribution is 0.0876. The number of hydrogen-bond acceptors (Lipinski definition) is 7. The molecular formula is C28H26FNO6. The number of ketones is 1. The number of ether oxygens (including phenoxy) is 5. The molecule has 0 amide bonds. The molecule has 0 aromatic heterocycles. The number of hydrogen-bond donors (Lipinski definition) is 0. The van der Waals surface area contributed by atoms with Crippen molar-refractivity contribution in [2.24, 2.45) is 0 Å². The molecule has 3 aromatic carbocycles. The van der Waals surface area contributed by atoms with Crippen molar-refractivity contribution in [3.8, 4) is 28.7 Å². The van der Waals surface area contributed by atoms with Crippen LogP contribution in [0.25, 0.3) is 6.08 Å². The normalized spacial score (nSPS) is 15.7. The molecule has 0 unspecified atom stereocenters. The highest BCUT2D eigenvalue weighted by Gasteiger charge is 2.34. The van der Waals surface area contributed by atoms with Gasteiger partial charge in [-0.1, -0.05) is 12.1 Å². The zero-order chi connectivity index (χ0) is 25.4. The molecule has 0 N–H and O–H groups in total. The Bertz CT molecular complexity index is 1370. The standard InChI is InChI=1S/C28H26FNO6/c1-16-25-19(14-30(15-35-25)13-17-5-8-20(29)9-6-17)11-21-24(31)23(36-26(16)21)12-18-7-10-22(32-2)28(34-4)27(18)33-3/h5-12H,13-15H2,1-4H3/b23-12-. The highest BCUT2D eigenvalue weighted by molar-refractivity contribution is 6.15. The van der Waals surface area contributed by atoms with Gasteiger partial charge in [-0.05, 0) is 48.9 Å². The monoisotopic (exact) mass is 491 g/mol. The molecule has 8 heteroatoms. The second-order valence-corrected chi connectivity index (χ2v) is 8.62. The van der Waals surface area contributed by atoms with Gasteiger partial charge in [-0.25, -0.2) is 4.39 Å². The lowest BCUT2D eigenvalue weighted by Gasteiger charge is -2.30. The number of methoxy groups -OCH3 is 3. The van der Waals surface area contributed by atoms with Crippen LogP contribution in [0.4, 0.5) is 4.39 Å². The number of carbonyl (C=O) groups excluding carboxylic acids is 1. The summed E-state index contributed by atoms with van der Waals surface area (Å²) < 4.78 is 41.7. The fourth-order valence-electron chi connectivity index (χ4n) is 4.63. The number of benzene rings is 3. The molecule has 2 aliphatic heterocycles. The number of rotatable bonds is 6. The minimum Gasteiger partial charge on any atom is -0.493 e. The van der Waals surface area contributed by atoms with Crippen molar-refractivity contribution in [2.45, 2.75) is 20.0 Å². The van der Waals surface area contributed by atoms with Gasteiger partial charge in [0, 0.05) is 29.8 Å². The average molecular weight is 492 g/mol. The van der Waals surface area contributed by atoms with Crippen molar-refractivity contribution in [1.82, 2.24) is 4.90 Å². The number of carbonyl (C=O) groups is 1. The van der Waals surface area contributed by atoms with Crippen LogP contribution in [-0.2, 0) is 13.1 Å². The molecule has 0 spiro atoms. The Morgan fingerprint density at radius 1 is 1.00 bits per heavy atom. The Hall–Kier alpha value is -4.04. The topological polar surface area (TPSA) is 66.5 Å². The van der Waals surface area contributed by atoms with Gasteiger partial charge in [-0.2, -0.15) is 0 Å². The molecule has 36 heavy (non-hydrogen) atoms. The molecule has 0 radical (unpaired) electrons. The lowest BCUT2D eigenvalue weighted by Crippen LogP contribution is -2.32. The number of allylic oxidation sites excluding steroid dienone is 1. The summed E-state index contributed by atoms with van der Waals surface area (Å²) in [5.74, 6) is 2.31. The second kappa shape index (κ2) is 9.54. The fraction of sp³-hybridized carbons (Fsp3) is 0.250. The molecule has 0 bridgehead atoms. The van der Waals surface area contributed by atoms with E-state index < -0.39 is 0 Å². The minimum absolute atomic E-state index is 0.184. The van der Waals surface area contributed by atoms with Crippen LogP contribution in [0, 0.1) is 12.7 Å². The summed E-state index contributed by atoms with van der Waals surface area (Å²) in [6.45, 7) is 3.46.